The molecular formula is C20H29BrN2O4. The number of nitrogens with zero attached hydrogens (tertiary/aromatic N) is 2. The molecule has 0 radical (unpaired) electrons. The molecule has 6 nitrogen and oxygen atoms in total. The third kappa shape index (κ3) is 5.23. The highest BCUT2D eigenvalue weighted by Crippen LogP contribution is 2.38. The van der Waals surface area contributed by atoms with E-state index >= 15 is 0 Å². The molecule has 0 bridgehead atoms. The van der Waals surface area contributed by atoms with Gasteiger partial charge in [-0.2, -0.15) is 0 Å². The molecule has 1 atom stereocenters. The zero-order valence-corrected chi connectivity index (χ0v) is 17.6. The van der Waals surface area contributed by atoms with Gasteiger partial charge in [0, 0.05) is 30.7 Å². The minimum atomic E-state index is -1.12. The van der Waals surface area contributed by atoms with Crippen molar-refractivity contribution in [3.8, 4) is 0 Å². The smallest absolute Gasteiger partial charge is 0.407 e. The maximum atomic E-state index is 13.5. The van der Waals surface area contributed by atoms with Gasteiger partial charge in [0.05, 0.1) is 11.5 Å². The van der Waals surface area contributed by atoms with Crippen molar-refractivity contribution in [1.82, 2.24) is 9.80 Å². The molecular weight excluding hydrogens is 412 g/mol. The van der Waals surface area contributed by atoms with Crippen LogP contribution in [0.5, 0.6) is 0 Å². The van der Waals surface area contributed by atoms with Gasteiger partial charge in [-0.3, -0.25) is 4.79 Å². The van der Waals surface area contributed by atoms with Gasteiger partial charge in [0.15, 0.2) is 0 Å². The summed E-state index contributed by atoms with van der Waals surface area (Å²) in [6, 6.07) is 7.55. The molecule has 2 N–H and O–H groups in total. The van der Waals surface area contributed by atoms with Crippen molar-refractivity contribution >= 4 is 27.9 Å². The maximum absolute atomic E-state index is 13.5. The van der Waals surface area contributed by atoms with Crippen LogP contribution in [0, 0.1) is 0 Å². The Morgan fingerprint density at radius 2 is 1.67 bits per heavy atom. The fraction of sp³-hybridized carbons (Fsp3) is 0.600. The van der Waals surface area contributed by atoms with E-state index in [0.717, 1.165) is 22.9 Å². The molecule has 1 saturated heterocycles. The lowest BCUT2D eigenvalue weighted by Crippen LogP contribution is -2.54. The summed E-state index contributed by atoms with van der Waals surface area (Å²) in [5, 5.41) is 20.6. The molecule has 2 rings (SSSR count). The number of halogens is 1. The van der Waals surface area contributed by atoms with Crippen molar-refractivity contribution in [2.45, 2.75) is 51.0 Å². The van der Waals surface area contributed by atoms with Gasteiger partial charge in [0.1, 0.15) is 0 Å². The number of amides is 2. The average molecular weight is 441 g/mol. The van der Waals surface area contributed by atoms with Crippen LogP contribution in [0.2, 0.25) is 0 Å². The number of benzene rings is 1. The van der Waals surface area contributed by atoms with Gasteiger partial charge >= 0.3 is 6.09 Å². The van der Waals surface area contributed by atoms with E-state index in [-0.39, 0.29) is 5.91 Å². The van der Waals surface area contributed by atoms with Gasteiger partial charge in [-0.25, -0.2) is 4.79 Å². The van der Waals surface area contributed by atoms with Crippen LogP contribution in [0.25, 0.3) is 0 Å². The topological polar surface area (TPSA) is 81.1 Å². The summed E-state index contributed by atoms with van der Waals surface area (Å²) >= 11 is 3.47. The number of carboxylic acid groups (broad SMARTS) is 1. The standard InChI is InChI=1S/C20H29BrN2O4/c1-3-8-20(27,9-4-2)17(15-6-5-7-16(21)14-15)18(24)22-10-12-23(13-11-22)19(25)26/h5-7,14,17,27H,3-4,8-13H2,1-2H3,(H,25,26). The first kappa shape index (κ1) is 21.7. The second-order valence-corrected chi connectivity index (χ2v) is 8.10. The molecule has 1 aromatic carbocycles. The summed E-state index contributed by atoms with van der Waals surface area (Å²) in [6.07, 6.45) is 1.68. The van der Waals surface area contributed by atoms with E-state index in [1.807, 2.05) is 38.1 Å². The predicted octanol–water partition coefficient (Wildman–Crippen LogP) is 3.69. The third-order valence-corrected chi connectivity index (χ3v) is 5.69. The van der Waals surface area contributed by atoms with Gasteiger partial charge < -0.3 is 20.0 Å². The highest BCUT2D eigenvalue weighted by Gasteiger charge is 2.43. The molecule has 1 aliphatic heterocycles. The van der Waals surface area contributed by atoms with Crippen molar-refractivity contribution in [2.75, 3.05) is 26.2 Å². The molecule has 1 aromatic rings. The van der Waals surface area contributed by atoms with Crippen molar-refractivity contribution in [3.05, 3.63) is 34.3 Å². The summed E-state index contributed by atoms with van der Waals surface area (Å²) in [5.74, 6) is -0.784. The number of piperazine rings is 1. The summed E-state index contributed by atoms with van der Waals surface area (Å²) in [7, 11) is 0. The van der Waals surface area contributed by atoms with E-state index in [4.69, 9.17) is 5.11 Å². The van der Waals surface area contributed by atoms with Crippen molar-refractivity contribution < 1.29 is 19.8 Å². The van der Waals surface area contributed by atoms with E-state index in [0.29, 0.717) is 39.0 Å². The largest absolute Gasteiger partial charge is 0.465 e. The first-order valence-corrected chi connectivity index (χ1v) is 10.4. The van der Waals surface area contributed by atoms with Crippen LogP contribution in [-0.4, -0.2) is 63.8 Å². The average Bonchev–Trinajstić information content (AvgIpc) is 2.62. The second-order valence-electron chi connectivity index (χ2n) is 7.19. The number of aliphatic hydroxyl groups is 1. The summed E-state index contributed by atoms with van der Waals surface area (Å²) < 4.78 is 0.865. The summed E-state index contributed by atoms with van der Waals surface area (Å²) in [6.45, 7) is 5.32. The van der Waals surface area contributed by atoms with Crippen LogP contribution in [0.15, 0.2) is 28.7 Å². The van der Waals surface area contributed by atoms with E-state index in [9.17, 15) is 14.7 Å². The molecule has 1 fully saturated rings. The van der Waals surface area contributed by atoms with Crippen LogP contribution in [0.4, 0.5) is 4.79 Å². The molecule has 7 heteroatoms. The lowest BCUT2D eigenvalue weighted by molar-refractivity contribution is -0.142. The molecule has 0 aromatic heterocycles. The number of hydrogen-bond donors (Lipinski definition) is 2. The van der Waals surface area contributed by atoms with E-state index in [1.165, 1.54) is 4.90 Å². The van der Waals surface area contributed by atoms with Crippen LogP contribution >= 0.6 is 15.9 Å². The number of carbonyl (C=O) groups is 2. The Balaban J connectivity index is 2.34. The SMILES string of the molecule is CCCC(O)(CCC)C(C(=O)N1CCN(C(=O)O)CC1)c1cccc(Br)c1. The molecule has 150 valence electrons. The zero-order valence-electron chi connectivity index (χ0n) is 16.0. The minimum Gasteiger partial charge on any atom is -0.465 e. The number of carbonyl (C=O) groups excluding carboxylic acids is 1. The normalized spacial score (nSPS) is 16.3. The lowest BCUT2D eigenvalue weighted by atomic mass is 9.75. The van der Waals surface area contributed by atoms with Crippen molar-refractivity contribution in [3.63, 3.8) is 0 Å². The molecule has 1 aliphatic rings. The first-order valence-electron chi connectivity index (χ1n) is 9.57. The zero-order chi connectivity index (χ0) is 20.0. The quantitative estimate of drug-likeness (QED) is 0.677. The van der Waals surface area contributed by atoms with Gasteiger partial charge in [0.2, 0.25) is 5.91 Å². The number of hydrogen-bond acceptors (Lipinski definition) is 3. The lowest BCUT2D eigenvalue weighted by Gasteiger charge is -2.41. The number of rotatable bonds is 7. The Labute approximate surface area is 169 Å². The second kappa shape index (κ2) is 9.55. The van der Waals surface area contributed by atoms with Gasteiger partial charge in [0.25, 0.3) is 0 Å². The molecule has 1 heterocycles. The molecule has 27 heavy (non-hydrogen) atoms. The Morgan fingerprint density at radius 1 is 1.11 bits per heavy atom. The fourth-order valence-corrected chi connectivity index (χ4v) is 4.37. The van der Waals surface area contributed by atoms with Crippen LogP contribution < -0.4 is 0 Å². The minimum absolute atomic E-state index is 0.123. The van der Waals surface area contributed by atoms with E-state index in [2.05, 4.69) is 15.9 Å². The third-order valence-electron chi connectivity index (χ3n) is 5.19. The molecule has 0 aliphatic carbocycles. The Hall–Kier alpha value is -1.60. The summed E-state index contributed by atoms with van der Waals surface area (Å²) in [4.78, 5) is 27.6. The summed E-state index contributed by atoms with van der Waals surface area (Å²) in [5.41, 5.74) is -0.329. The van der Waals surface area contributed by atoms with E-state index in [1.54, 1.807) is 4.90 Å². The monoisotopic (exact) mass is 440 g/mol. The fourth-order valence-electron chi connectivity index (χ4n) is 3.95. The molecule has 0 saturated carbocycles. The molecule has 1 unspecified atom stereocenters. The van der Waals surface area contributed by atoms with E-state index < -0.39 is 17.6 Å². The van der Waals surface area contributed by atoms with Crippen LogP contribution in [-0.2, 0) is 4.79 Å². The van der Waals surface area contributed by atoms with Gasteiger partial charge in [-0.05, 0) is 30.5 Å². The first-order chi connectivity index (χ1) is 12.8. The highest BCUT2D eigenvalue weighted by atomic mass is 79.9. The Morgan fingerprint density at radius 3 is 2.15 bits per heavy atom. The Kier molecular flexibility index (Phi) is 7.68. The molecule has 2 amide bonds. The van der Waals surface area contributed by atoms with Crippen LogP contribution in [0.1, 0.15) is 51.0 Å². The van der Waals surface area contributed by atoms with Gasteiger partial charge in [-0.1, -0.05) is 54.8 Å². The van der Waals surface area contributed by atoms with Crippen molar-refractivity contribution in [2.24, 2.45) is 0 Å². The predicted molar refractivity (Wildman–Crippen MR) is 108 cm³/mol. The Bertz CT molecular complexity index is 653. The van der Waals surface area contributed by atoms with Crippen LogP contribution in [0.3, 0.4) is 0 Å². The van der Waals surface area contributed by atoms with Crippen molar-refractivity contribution in [1.29, 1.82) is 0 Å². The maximum Gasteiger partial charge on any atom is 0.407 e. The highest BCUT2D eigenvalue weighted by molar-refractivity contribution is 9.10. The molecule has 0 spiro atoms. The van der Waals surface area contributed by atoms with Gasteiger partial charge in [-0.15, -0.1) is 0 Å².